The van der Waals surface area contributed by atoms with E-state index in [9.17, 15) is 17.6 Å². The number of hydrogen-bond acceptors (Lipinski definition) is 3. The molecule has 0 aliphatic carbocycles. The Morgan fingerprint density at radius 2 is 1.75 bits per heavy atom. The summed E-state index contributed by atoms with van der Waals surface area (Å²) in [5.74, 6) is 0.146. The Hall–Kier alpha value is -2.41. The van der Waals surface area contributed by atoms with E-state index in [0.29, 0.717) is 30.5 Å². The lowest BCUT2D eigenvalue weighted by Gasteiger charge is -2.35. The van der Waals surface area contributed by atoms with E-state index < -0.39 is 15.8 Å². The number of halogens is 1. The van der Waals surface area contributed by atoms with Crippen LogP contribution >= 0.6 is 0 Å². The zero-order chi connectivity index (χ0) is 20.5. The number of carbonyl (C=O) groups is 1. The summed E-state index contributed by atoms with van der Waals surface area (Å²) in [7, 11) is -3.95. The van der Waals surface area contributed by atoms with E-state index in [1.807, 2.05) is 0 Å². The molecule has 0 radical (unpaired) electrons. The molecule has 2 aromatic rings. The maximum Gasteiger partial charge on any atom is 0.261 e. The van der Waals surface area contributed by atoms with Crippen molar-refractivity contribution in [1.82, 2.24) is 4.90 Å². The van der Waals surface area contributed by atoms with Gasteiger partial charge in [-0.25, -0.2) is 12.8 Å². The first-order valence-corrected chi connectivity index (χ1v) is 10.8. The van der Waals surface area contributed by atoms with Crippen molar-refractivity contribution in [2.75, 3.05) is 17.8 Å². The van der Waals surface area contributed by atoms with Crippen LogP contribution < -0.4 is 4.72 Å². The summed E-state index contributed by atoms with van der Waals surface area (Å²) in [6.07, 6.45) is 1.07. The van der Waals surface area contributed by atoms with Crippen molar-refractivity contribution in [2.24, 2.45) is 11.8 Å². The molecule has 3 rings (SSSR count). The monoisotopic (exact) mass is 404 g/mol. The first kappa shape index (κ1) is 20.3. The number of nitrogens with one attached hydrogen (secondary N) is 1. The fourth-order valence-electron chi connectivity index (χ4n) is 3.75. The number of piperidine rings is 1. The van der Waals surface area contributed by atoms with Gasteiger partial charge in [-0.15, -0.1) is 0 Å². The second-order valence-electron chi connectivity index (χ2n) is 7.72. The Bertz CT molecular complexity index is 981. The van der Waals surface area contributed by atoms with Gasteiger partial charge in [0, 0.05) is 13.1 Å². The summed E-state index contributed by atoms with van der Waals surface area (Å²) < 4.78 is 41.5. The van der Waals surface area contributed by atoms with Crippen LogP contribution in [0.15, 0.2) is 47.4 Å². The van der Waals surface area contributed by atoms with Crippen molar-refractivity contribution in [2.45, 2.75) is 32.1 Å². The Morgan fingerprint density at radius 1 is 1.11 bits per heavy atom. The summed E-state index contributed by atoms with van der Waals surface area (Å²) in [6.45, 7) is 7.04. The lowest BCUT2D eigenvalue weighted by Crippen LogP contribution is -2.42. The fourth-order valence-corrected chi connectivity index (χ4v) is 4.91. The highest BCUT2D eigenvalue weighted by Gasteiger charge is 2.28. The van der Waals surface area contributed by atoms with Crippen LogP contribution in [0.25, 0.3) is 0 Å². The van der Waals surface area contributed by atoms with Crippen LogP contribution in [0, 0.1) is 24.6 Å². The number of hydrogen-bond donors (Lipinski definition) is 1. The number of rotatable bonds is 4. The number of benzene rings is 2. The third-order valence-electron chi connectivity index (χ3n) is 5.00. The van der Waals surface area contributed by atoms with Gasteiger partial charge in [-0.2, -0.15) is 0 Å². The van der Waals surface area contributed by atoms with E-state index in [1.165, 1.54) is 19.1 Å². The highest BCUT2D eigenvalue weighted by molar-refractivity contribution is 7.92. The van der Waals surface area contributed by atoms with Gasteiger partial charge in [0.15, 0.2) is 0 Å². The van der Waals surface area contributed by atoms with Gasteiger partial charge in [0.05, 0.1) is 16.1 Å². The van der Waals surface area contributed by atoms with Crippen molar-refractivity contribution in [1.29, 1.82) is 0 Å². The van der Waals surface area contributed by atoms with Crippen LogP contribution in [0.4, 0.5) is 10.1 Å². The molecular formula is C21H25FN2O3S. The van der Waals surface area contributed by atoms with Crippen LogP contribution in [-0.2, 0) is 10.0 Å². The Balaban J connectivity index is 1.89. The third-order valence-corrected chi connectivity index (χ3v) is 6.36. The molecule has 2 aromatic carbocycles. The van der Waals surface area contributed by atoms with Crippen LogP contribution in [-0.4, -0.2) is 32.3 Å². The summed E-state index contributed by atoms with van der Waals surface area (Å²) in [5.41, 5.74) is 0.773. The van der Waals surface area contributed by atoms with Crippen LogP contribution in [0.5, 0.6) is 0 Å². The minimum Gasteiger partial charge on any atom is -0.338 e. The molecule has 7 heteroatoms. The summed E-state index contributed by atoms with van der Waals surface area (Å²) in [5, 5.41) is 0. The third kappa shape index (κ3) is 4.35. The number of likely N-dealkylation sites (tertiary alicyclic amines) is 1. The molecule has 1 aliphatic heterocycles. The van der Waals surface area contributed by atoms with Gasteiger partial charge in [-0.05, 0) is 61.1 Å². The SMILES string of the molecule is Cc1cc(S(=O)(=O)Nc2ccccc2C(=O)N2CC(C)CC(C)C2)ccc1F. The number of anilines is 1. The van der Waals surface area contributed by atoms with E-state index >= 15 is 0 Å². The molecule has 5 nitrogen and oxygen atoms in total. The molecule has 1 N–H and O–H groups in total. The number of carbonyl (C=O) groups excluding carboxylic acids is 1. The lowest BCUT2D eigenvalue weighted by atomic mass is 9.91. The predicted octanol–water partition coefficient (Wildman–Crippen LogP) is 4.05. The van der Waals surface area contributed by atoms with Gasteiger partial charge >= 0.3 is 0 Å². The van der Waals surface area contributed by atoms with E-state index in [0.717, 1.165) is 12.5 Å². The summed E-state index contributed by atoms with van der Waals surface area (Å²) in [6, 6.07) is 10.2. The molecule has 1 aliphatic rings. The molecule has 1 saturated heterocycles. The lowest BCUT2D eigenvalue weighted by molar-refractivity contribution is 0.0624. The van der Waals surface area contributed by atoms with Gasteiger partial charge in [0.25, 0.3) is 15.9 Å². The number of nitrogens with zero attached hydrogens (tertiary/aromatic N) is 1. The second-order valence-corrected chi connectivity index (χ2v) is 9.40. The smallest absolute Gasteiger partial charge is 0.261 e. The molecule has 0 bridgehead atoms. The second kappa shape index (κ2) is 7.91. The first-order chi connectivity index (χ1) is 13.2. The minimum absolute atomic E-state index is 0.0473. The average molecular weight is 405 g/mol. The zero-order valence-corrected chi connectivity index (χ0v) is 17.1. The molecule has 28 heavy (non-hydrogen) atoms. The predicted molar refractivity (Wildman–Crippen MR) is 107 cm³/mol. The summed E-state index contributed by atoms with van der Waals surface area (Å²) >= 11 is 0. The first-order valence-electron chi connectivity index (χ1n) is 9.34. The van der Waals surface area contributed by atoms with Crippen LogP contribution in [0.1, 0.15) is 36.2 Å². The largest absolute Gasteiger partial charge is 0.338 e. The number of aryl methyl sites for hydroxylation is 1. The van der Waals surface area contributed by atoms with Gasteiger partial charge in [-0.1, -0.05) is 26.0 Å². The zero-order valence-electron chi connectivity index (χ0n) is 16.3. The Morgan fingerprint density at radius 3 is 2.39 bits per heavy atom. The quantitative estimate of drug-likeness (QED) is 0.836. The molecular weight excluding hydrogens is 379 g/mol. The van der Waals surface area contributed by atoms with Crippen molar-refractivity contribution < 1.29 is 17.6 Å². The van der Waals surface area contributed by atoms with E-state index in [4.69, 9.17) is 0 Å². The molecule has 1 fully saturated rings. The molecule has 150 valence electrons. The molecule has 0 spiro atoms. The average Bonchev–Trinajstić information content (AvgIpc) is 2.62. The van der Waals surface area contributed by atoms with E-state index in [1.54, 1.807) is 29.2 Å². The van der Waals surface area contributed by atoms with Gasteiger partial charge < -0.3 is 4.90 Å². The maximum absolute atomic E-state index is 13.5. The Kier molecular flexibility index (Phi) is 5.74. The Labute approximate surface area is 165 Å². The minimum atomic E-state index is -3.95. The number of sulfonamides is 1. The topological polar surface area (TPSA) is 66.5 Å². The number of para-hydroxylation sites is 1. The van der Waals surface area contributed by atoms with Crippen molar-refractivity contribution >= 4 is 21.6 Å². The summed E-state index contributed by atoms with van der Waals surface area (Å²) in [4.78, 5) is 14.8. The molecule has 0 saturated carbocycles. The molecule has 1 heterocycles. The molecule has 1 amide bonds. The normalized spacial score (nSPS) is 20.1. The van der Waals surface area contributed by atoms with E-state index in [-0.39, 0.29) is 22.1 Å². The highest BCUT2D eigenvalue weighted by atomic mass is 32.2. The van der Waals surface area contributed by atoms with Gasteiger partial charge in [0.1, 0.15) is 5.82 Å². The van der Waals surface area contributed by atoms with Crippen LogP contribution in [0.2, 0.25) is 0 Å². The highest BCUT2D eigenvalue weighted by Crippen LogP contribution is 2.26. The number of amides is 1. The van der Waals surface area contributed by atoms with Gasteiger partial charge in [-0.3, -0.25) is 9.52 Å². The van der Waals surface area contributed by atoms with Crippen molar-refractivity contribution in [3.05, 3.63) is 59.4 Å². The van der Waals surface area contributed by atoms with Crippen molar-refractivity contribution in [3.63, 3.8) is 0 Å². The van der Waals surface area contributed by atoms with Crippen LogP contribution in [0.3, 0.4) is 0 Å². The molecule has 0 aromatic heterocycles. The van der Waals surface area contributed by atoms with Gasteiger partial charge in [0.2, 0.25) is 0 Å². The standard InChI is InChI=1S/C21H25FN2O3S/c1-14-10-15(2)13-24(12-14)21(25)18-6-4-5-7-20(18)23-28(26,27)17-8-9-19(22)16(3)11-17/h4-9,11,14-15,23H,10,12-13H2,1-3H3. The van der Waals surface area contributed by atoms with E-state index in [2.05, 4.69) is 18.6 Å². The molecule has 2 atom stereocenters. The van der Waals surface area contributed by atoms with Crippen molar-refractivity contribution in [3.8, 4) is 0 Å². The maximum atomic E-state index is 13.5. The fraction of sp³-hybridized carbons (Fsp3) is 0.381. The molecule has 2 unspecified atom stereocenters.